The van der Waals surface area contributed by atoms with E-state index in [9.17, 15) is 0 Å². The molecule has 2 nitrogen and oxygen atoms in total. The van der Waals surface area contributed by atoms with Crippen LogP contribution >= 0.6 is 0 Å². The second kappa shape index (κ2) is 4.81. The van der Waals surface area contributed by atoms with Crippen LogP contribution in [0.5, 0.6) is 0 Å². The molecule has 0 unspecified atom stereocenters. The Bertz CT molecular complexity index is 732. The Morgan fingerprint density at radius 2 is 1.89 bits per heavy atom. The van der Waals surface area contributed by atoms with Crippen LogP contribution in [0.3, 0.4) is 0 Å². The van der Waals surface area contributed by atoms with Gasteiger partial charge in [-0.2, -0.15) is 0 Å². The zero-order valence-electron chi connectivity index (χ0n) is 11.2. The average molecular weight is 248 g/mol. The molecule has 1 aromatic carbocycles. The van der Waals surface area contributed by atoms with E-state index in [-0.39, 0.29) is 0 Å². The highest BCUT2D eigenvalue weighted by molar-refractivity contribution is 5.79. The molecule has 19 heavy (non-hydrogen) atoms. The van der Waals surface area contributed by atoms with Crippen molar-refractivity contribution in [3.05, 3.63) is 71.2 Å². The summed E-state index contributed by atoms with van der Waals surface area (Å²) in [7, 11) is 0. The molecule has 2 heterocycles. The fraction of sp³-hybridized carbons (Fsp3) is 0.176. The lowest BCUT2D eigenvalue weighted by Gasteiger charge is -2.07. The first-order valence-corrected chi connectivity index (χ1v) is 6.48. The fourth-order valence-electron chi connectivity index (χ4n) is 2.33. The molecule has 0 aliphatic rings. The Morgan fingerprint density at radius 3 is 2.79 bits per heavy atom. The second-order valence-corrected chi connectivity index (χ2v) is 4.96. The van der Waals surface area contributed by atoms with Crippen molar-refractivity contribution in [2.45, 2.75) is 20.3 Å². The molecule has 0 amide bonds. The molecule has 0 N–H and O–H groups in total. The molecule has 2 heteroatoms. The van der Waals surface area contributed by atoms with Crippen molar-refractivity contribution in [1.29, 1.82) is 0 Å². The van der Waals surface area contributed by atoms with Gasteiger partial charge < -0.3 is 0 Å². The number of benzene rings is 1. The Balaban J connectivity index is 1.98. The molecule has 0 atom stereocenters. The predicted octanol–water partition coefficient (Wildman–Crippen LogP) is 3.84. The average Bonchev–Trinajstić information content (AvgIpc) is 2.43. The lowest BCUT2D eigenvalue weighted by atomic mass is 10.00. The van der Waals surface area contributed by atoms with Crippen LogP contribution in [0.1, 0.15) is 22.4 Å². The molecule has 0 aliphatic heterocycles. The van der Waals surface area contributed by atoms with Gasteiger partial charge in [0.15, 0.2) is 0 Å². The van der Waals surface area contributed by atoms with Gasteiger partial charge in [0.25, 0.3) is 0 Å². The van der Waals surface area contributed by atoms with E-state index < -0.39 is 0 Å². The van der Waals surface area contributed by atoms with Crippen molar-refractivity contribution in [2.75, 3.05) is 0 Å². The molecule has 0 spiro atoms. The summed E-state index contributed by atoms with van der Waals surface area (Å²) in [6.45, 7) is 4.15. The van der Waals surface area contributed by atoms with E-state index in [1.54, 1.807) is 0 Å². The number of hydrogen-bond donors (Lipinski definition) is 0. The largest absolute Gasteiger partial charge is 0.261 e. The van der Waals surface area contributed by atoms with Gasteiger partial charge in [-0.05, 0) is 61.2 Å². The van der Waals surface area contributed by atoms with Gasteiger partial charge in [-0.15, -0.1) is 0 Å². The van der Waals surface area contributed by atoms with Gasteiger partial charge in [-0.25, -0.2) is 0 Å². The van der Waals surface area contributed by atoms with Gasteiger partial charge in [-0.1, -0.05) is 12.1 Å². The first kappa shape index (κ1) is 11.8. The third-order valence-corrected chi connectivity index (χ3v) is 3.41. The molecule has 0 radical (unpaired) electrons. The number of aromatic nitrogens is 2. The first-order chi connectivity index (χ1) is 9.22. The molecule has 0 fully saturated rings. The van der Waals surface area contributed by atoms with Crippen LogP contribution in [0.15, 0.2) is 48.8 Å². The molecule has 3 aromatic rings. The van der Waals surface area contributed by atoms with E-state index in [0.717, 1.165) is 17.6 Å². The summed E-state index contributed by atoms with van der Waals surface area (Å²) in [6, 6.07) is 12.7. The normalized spacial score (nSPS) is 10.8. The molecular weight excluding hydrogens is 232 g/mol. The molecule has 3 rings (SSSR count). The highest BCUT2D eigenvalue weighted by Gasteiger charge is 2.03. The fourth-order valence-corrected chi connectivity index (χ4v) is 2.33. The van der Waals surface area contributed by atoms with E-state index in [2.05, 4.69) is 47.2 Å². The molecule has 94 valence electrons. The molecule has 0 saturated heterocycles. The number of nitrogens with zero attached hydrogens (tertiary/aromatic N) is 2. The van der Waals surface area contributed by atoms with Crippen LogP contribution in [-0.4, -0.2) is 9.97 Å². The Hall–Kier alpha value is -2.22. The summed E-state index contributed by atoms with van der Waals surface area (Å²) in [6.07, 6.45) is 4.73. The van der Waals surface area contributed by atoms with Crippen LogP contribution in [0.2, 0.25) is 0 Å². The smallest absolute Gasteiger partial charge is 0.0702 e. The summed E-state index contributed by atoms with van der Waals surface area (Å²) < 4.78 is 0. The third kappa shape index (κ3) is 2.48. The van der Waals surface area contributed by atoms with E-state index in [0.29, 0.717) is 0 Å². The standard InChI is InChI=1S/C17H16N2/c1-12-11-19-13(2)8-16(12)10-14-5-6-17-15(9-14)4-3-7-18-17/h3-9,11H,10H2,1-2H3. The molecule has 0 aliphatic carbocycles. The number of aryl methyl sites for hydroxylation is 2. The Morgan fingerprint density at radius 1 is 1.00 bits per heavy atom. The lowest BCUT2D eigenvalue weighted by molar-refractivity contribution is 1.08. The molecule has 0 bridgehead atoms. The molecule has 0 saturated carbocycles. The quantitative estimate of drug-likeness (QED) is 0.688. The van der Waals surface area contributed by atoms with Gasteiger partial charge in [0.2, 0.25) is 0 Å². The SMILES string of the molecule is Cc1cc(Cc2ccc3ncccc3c2)c(C)cn1. The van der Waals surface area contributed by atoms with Crippen LogP contribution in [0, 0.1) is 13.8 Å². The van der Waals surface area contributed by atoms with Crippen molar-refractivity contribution >= 4 is 10.9 Å². The minimum Gasteiger partial charge on any atom is -0.261 e. The van der Waals surface area contributed by atoms with E-state index in [4.69, 9.17) is 0 Å². The maximum Gasteiger partial charge on any atom is 0.0702 e. The van der Waals surface area contributed by atoms with E-state index >= 15 is 0 Å². The van der Waals surface area contributed by atoms with Crippen molar-refractivity contribution in [3.63, 3.8) is 0 Å². The Labute approximate surface area is 113 Å². The van der Waals surface area contributed by atoms with Gasteiger partial charge in [0.05, 0.1) is 5.52 Å². The van der Waals surface area contributed by atoms with Crippen LogP contribution in [0.25, 0.3) is 10.9 Å². The maximum absolute atomic E-state index is 4.35. The molecular formula is C17H16N2. The molecule has 2 aromatic heterocycles. The number of hydrogen-bond acceptors (Lipinski definition) is 2. The van der Waals surface area contributed by atoms with Crippen molar-refractivity contribution in [2.24, 2.45) is 0 Å². The topological polar surface area (TPSA) is 25.8 Å². The van der Waals surface area contributed by atoms with Crippen LogP contribution in [-0.2, 0) is 6.42 Å². The Kier molecular flexibility index (Phi) is 3.00. The zero-order chi connectivity index (χ0) is 13.2. The minimum absolute atomic E-state index is 0.944. The number of rotatable bonds is 2. The third-order valence-electron chi connectivity index (χ3n) is 3.41. The van der Waals surface area contributed by atoms with Crippen molar-refractivity contribution in [3.8, 4) is 0 Å². The number of fused-ring (bicyclic) bond motifs is 1. The predicted molar refractivity (Wildman–Crippen MR) is 78.3 cm³/mol. The highest BCUT2D eigenvalue weighted by Crippen LogP contribution is 2.18. The highest BCUT2D eigenvalue weighted by atomic mass is 14.7. The van der Waals surface area contributed by atoms with Gasteiger partial charge in [0.1, 0.15) is 0 Å². The summed E-state index contributed by atoms with van der Waals surface area (Å²) in [5.74, 6) is 0. The van der Waals surface area contributed by atoms with Gasteiger partial charge in [0, 0.05) is 23.5 Å². The lowest BCUT2D eigenvalue weighted by Crippen LogP contribution is -1.95. The van der Waals surface area contributed by atoms with Crippen molar-refractivity contribution in [1.82, 2.24) is 9.97 Å². The van der Waals surface area contributed by atoms with Gasteiger partial charge >= 0.3 is 0 Å². The first-order valence-electron chi connectivity index (χ1n) is 6.48. The van der Waals surface area contributed by atoms with Crippen LogP contribution in [0.4, 0.5) is 0 Å². The summed E-state index contributed by atoms with van der Waals surface area (Å²) >= 11 is 0. The van der Waals surface area contributed by atoms with E-state index in [1.807, 2.05) is 25.4 Å². The summed E-state index contributed by atoms with van der Waals surface area (Å²) in [4.78, 5) is 8.67. The summed E-state index contributed by atoms with van der Waals surface area (Å²) in [5.41, 5.74) is 6.03. The maximum atomic E-state index is 4.35. The monoisotopic (exact) mass is 248 g/mol. The number of pyridine rings is 2. The van der Waals surface area contributed by atoms with E-state index in [1.165, 1.54) is 22.1 Å². The summed E-state index contributed by atoms with van der Waals surface area (Å²) in [5, 5.41) is 1.20. The van der Waals surface area contributed by atoms with Crippen LogP contribution < -0.4 is 0 Å². The van der Waals surface area contributed by atoms with Gasteiger partial charge in [-0.3, -0.25) is 9.97 Å². The van der Waals surface area contributed by atoms with Crippen molar-refractivity contribution < 1.29 is 0 Å². The second-order valence-electron chi connectivity index (χ2n) is 4.96. The minimum atomic E-state index is 0.944. The zero-order valence-corrected chi connectivity index (χ0v) is 11.2.